The fraction of sp³-hybridized carbons (Fsp3) is 0.400. The molecule has 2 atom stereocenters. The Morgan fingerprint density at radius 1 is 1.39 bits per heavy atom. The molecular weight excluding hydrogens is 226 g/mol. The largest absolute Gasteiger partial charge is 0.445 e. The first-order chi connectivity index (χ1) is 8.78. The molecule has 0 unspecified atom stereocenters. The molecule has 18 heavy (non-hydrogen) atoms. The average Bonchev–Trinajstić information content (AvgIpc) is 2.85. The van der Waals surface area contributed by atoms with E-state index >= 15 is 0 Å². The highest BCUT2D eigenvalue weighted by molar-refractivity contribution is 5.67. The molecule has 0 bridgehead atoms. The monoisotopic (exact) mass is 243 g/mol. The molecule has 1 aromatic rings. The van der Waals surface area contributed by atoms with Gasteiger partial charge < -0.3 is 10.1 Å². The molecule has 1 aromatic carbocycles. The minimum absolute atomic E-state index is 0.161. The van der Waals surface area contributed by atoms with Gasteiger partial charge in [0, 0.05) is 12.0 Å². The smallest absolute Gasteiger partial charge is 0.407 e. The number of ether oxygens (including phenoxy) is 1. The zero-order valence-electron chi connectivity index (χ0n) is 10.3. The molecule has 1 aliphatic rings. The number of amides is 1. The number of terminal acetylenes is 1. The molecule has 1 amide bonds. The van der Waals surface area contributed by atoms with Crippen molar-refractivity contribution >= 4 is 6.09 Å². The van der Waals surface area contributed by atoms with Crippen LogP contribution in [0.3, 0.4) is 0 Å². The van der Waals surface area contributed by atoms with E-state index in [9.17, 15) is 4.79 Å². The van der Waals surface area contributed by atoms with Crippen LogP contribution in [0.1, 0.15) is 24.8 Å². The third-order valence-corrected chi connectivity index (χ3v) is 3.20. The Bertz CT molecular complexity index is 436. The van der Waals surface area contributed by atoms with Crippen LogP contribution in [0.2, 0.25) is 0 Å². The first kappa shape index (κ1) is 12.5. The van der Waals surface area contributed by atoms with E-state index in [0.717, 1.165) is 24.8 Å². The third kappa shape index (κ3) is 3.53. The van der Waals surface area contributed by atoms with Gasteiger partial charge in [0.15, 0.2) is 0 Å². The molecule has 1 aliphatic carbocycles. The van der Waals surface area contributed by atoms with E-state index in [1.165, 1.54) is 0 Å². The molecule has 3 nitrogen and oxygen atoms in total. The van der Waals surface area contributed by atoms with Crippen LogP contribution >= 0.6 is 0 Å². The quantitative estimate of drug-likeness (QED) is 0.829. The van der Waals surface area contributed by atoms with Crippen molar-refractivity contribution in [1.82, 2.24) is 5.32 Å². The van der Waals surface area contributed by atoms with Gasteiger partial charge in [0.25, 0.3) is 0 Å². The lowest BCUT2D eigenvalue weighted by Crippen LogP contribution is -2.33. The number of carbonyl (C=O) groups excluding carboxylic acids is 1. The van der Waals surface area contributed by atoms with Crippen LogP contribution < -0.4 is 5.32 Å². The Morgan fingerprint density at radius 3 is 2.83 bits per heavy atom. The van der Waals surface area contributed by atoms with Gasteiger partial charge in [0.1, 0.15) is 6.61 Å². The van der Waals surface area contributed by atoms with Gasteiger partial charge in [0.2, 0.25) is 0 Å². The molecule has 0 saturated heterocycles. The molecule has 1 N–H and O–H groups in total. The predicted molar refractivity (Wildman–Crippen MR) is 69.7 cm³/mol. The Morgan fingerprint density at radius 2 is 2.17 bits per heavy atom. The van der Waals surface area contributed by atoms with Crippen LogP contribution in [-0.4, -0.2) is 12.1 Å². The Kier molecular flexibility index (Phi) is 4.25. The van der Waals surface area contributed by atoms with Gasteiger partial charge in [-0.05, 0) is 24.8 Å². The third-order valence-electron chi connectivity index (χ3n) is 3.20. The van der Waals surface area contributed by atoms with Crippen LogP contribution in [0.4, 0.5) is 4.79 Å². The van der Waals surface area contributed by atoms with Crippen LogP contribution in [-0.2, 0) is 11.3 Å². The summed E-state index contributed by atoms with van der Waals surface area (Å²) in [5.74, 6) is 3.03. The van der Waals surface area contributed by atoms with E-state index in [1.807, 2.05) is 30.3 Å². The summed E-state index contributed by atoms with van der Waals surface area (Å²) in [6, 6.07) is 9.79. The number of rotatable bonds is 3. The lowest BCUT2D eigenvalue weighted by atomic mass is 10.1. The van der Waals surface area contributed by atoms with E-state index in [4.69, 9.17) is 11.2 Å². The van der Waals surface area contributed by atoms with Crippen molar-refractivity contribution in [1.29, 1.82) is 0 Å². The number of nitrogens with one attached hydrogen (secondary N) is 1. The summed E-state index contributed by atoms with van der Waals surface area (Å²) in [5, 5.41) is 2.86. The van der Waals surface area contributed by atoms with Gasteiger partial charge in [-0.2, -0.15) is 0 Å². The number of hydrogen-bond acceptors (Lipinski definition) is 2. The SMILES string of the molecule is C#C[C@H]1CC[C@@H](NC(=O)OCc2ccccc2)C1. The number of benzene rings is 1. The molecule has 1 saturated carbocycles. The van der Waals surface area contributed by atoms with E-state index in [-0.39, 0.29) is 12.1 Å². The number of carbonyl (C=O) groups is 1. The summed E-state index contributed by atoms with van der Waals surface area (Å²) < 4.78 is 5.16. The second kappa shape index (κ2) is 6.11. The first-order valence-electron chi connectivity index (χ1n) is 6.21. The van der Waals surface area contributed by atoms with E-state index in [2.05, 4.69) is 11.2 Å². The molecular formula is C15H17NO2. The highest BCUT2D eigenvalue weighted by Crippen LogP contribution is 2.24. The van der Waals surface area contributed by atoms with Crippen molar-refractivity contribution in [3.8, 4) is 12.3 Å². The minimum atomic E-state index is -0.360. The zero-order valence-corrected chi connectivity index (χ0v) is 10.3. The lowest BCUT2D eigenvalue weighted by Gasteiger charge is -2.12. The molecule has 0 spiro atoms. The number of alkyl carbamates (subject to hydrolysis) is 1. The summed E-state index contributed by atoms with van der Waals surface area (Å²) in [7, 11) is 0. The summed E-state index contributed by atoms with van der Waals surface area (Å²) in [6.07, 6.45) is 7.79. The van der Waals surface area contributed by atoms with Crippen molar-refractivity contribution in [2.75, 3.05) is 0 Å². The molecule has 2 rings (SSSR count). The van der Waals surface area contributed by atoms with Gasteiger partial charge in [-0.25, -0.2) is 4.79 Å². The zero-order chi connectivity index (χ0) is 12.8. The summed E-state index contributed by atoms with van der Waals surface area (Å²) in [4.78, 5) is 11.6. The maximum atomic E-state index is 11.6. The number of hydrogen-bond donors (Lipinski definition) is 1. The van der Waals surface area contributed by atoms with Crippen molar-refractivity contribution < 1.29 is 9.53 Å². The second-order valence-corrected chi connectivity index (χ2v) is 4.58. The van der Waals surface area contributed by atoms with Crippen LogP contribution in [0.15, 0.2) is 30.3 Å². The standard InChI is InChI=1S/C15H17NO2/c1-2-12-8-9-14(10-12)16-15(17)18-11-13-6-4-3-5-7-13/h1,3-7,12,14H,8-11H2,(H,16,17)/t12-,14+/m0/s1. The van der Waals surface area contributed by atoms with Gasteiger partial charge >= 0.3 is 6.09 Å². The van der Waals surface area contributed by atoms with Gasteiger partial charge in [-0.15, -0.1) is 12.3 Å². The van der Waals surface area contributed by atoms with Crippen LogP contribution in [0, 0.1) is 18.3 Å². The van der Waals surface area contributed by atoms with Gasteiger partial charge in [-0.3, -0.25) is 0 Å². The Balaban J connectivity index is 1.72. The fourth-order valence-corrected chi connectivity index (χ4v) is 2.20. The maximum Gasteiger partial charge on any atom is 0.407 e. The van der Waals surface area contributed by atoms with E-state index in [0.29, 0.717) is 12.5 Å². The molecule has 0 radical (unpaired) electrons. The molecule has 0 aromatic heterocycles. The normalized spacial score (nSPS) is 22.2. The summed E-state index contributed by atoms with van der Waals surface area (Å²) in [5.41, 5.74) is 0.987. The molecule has 3 heteroatoms. The van der Waals surface area contributed by atoms with Crippen molar-refractivity contribution in [2.24, 2.45) is 5.92 Å². The maximum absolute atomic E-state index is 11.6. The van der Waals surface area contributed by atoms with E-state index in [1.54, 1.807) is 0 Å². The van der Waals surface area contributed by atoms with Crippen LogP contribution in [0.5, 0.6) is 0 Å². The van der Waals surface area contributed by atoms with Crippen LogP contribution in [0.25, 0.3) is 0 Å². The highest BCUT2D eigenvalue weighted by Gasteiger charge is 2.24. The topological polar surface area (TPSA) is 38.3 Å². The first-order valence-corrected chi connectivity index (χ1v) is 6.21. The molecule has 94 valence electrons. The second-order valence-electron chi connectivity index (χ2n) is 4.58. The lowest BCUT2D eigenvalue weighted by molar-refractivity contribution is 0.135. The van der Waals surface area contributed by atoms with Crippen molar-refractivity contribution in [2.45, 2.75) is 31.9 Å². The fourth-order valence-electron chi connectivity index (χ4n) is 2.20. The predicted octanol–water partition coefficient (Wildman–Crippen LogP) is 2.71. The molecule has 1 fully saturated rings. The highest BCUT2D eigenvalue weighted by atomic mass is 16.5. The Labute approximate surface area is 108 Å². The minimum Gasteiger partial charge on any atom is -0.445 e. The van der Waals surface area contributed by atoms with E-state index < -0.39 is 0 Å². The summed E-state index contributed by atoms with van der Waals surface area (Å²) in [6.45, 7) is 0.304. The molecule has 0 heterocycles. The van der Waals surface area contributed by atoms with Gasteiger partial charge in [-0.1, -0.05) is 30.3 Å². The van der Waals surface area contributed by atoms with Crippen molar-refractivity contribution in [3.63, 3.8) is 0 Å². The average molecular weight is 243 g/mol. The summed E-state index contributed by atoms with van der Waals surface area (Å²) >= 11 is 0. The molecule has 0 aliphatic heterocycles. The van der Waals surface area contributed by atoms with Gasteiger partial charge in [0.05, 0.1) is 0 Å². The van der Waals surface area contributed by atoms with Crippen molar-refractivity contribution in [3.05, 3.63) is 35.9 Å². The Hall–Kier alpha value is -1.95.